The number of aromatic nitrogens is 2. The predicted octanol–water partition coefficient (Wildman–Crippen LogP) is 1.32. The van der Waals surface area contributed by atoms with Crippen LogP contribution in [-0.2, 0) is 7.05 Å². The van der Waals surface area contributed by atoms with Gasteiger partial charge < -0.3 is 0 Å². The minimum Gasteiger partial charge on any atom is -0.295 e. The van der Waals surface area contributed by atoms with Gasteiger partial charge in [-0.25, -0.2) is 13.8 Å². The highest BCUT2D eigenvalue weighted by Gasteiger charge is 2.11. The summed E-state index contributed by atoms with van der Waals surface area (Å²) in [6.45, 7) is 1.52. The van der Waals surface area contributed by atoms with Crippen molar-refractivity contribution in [3.63, 3.8) is 0 Å². The summed E-state index contributed by atoms with van der Waals surface area (Å²) >= 11 is 0. The molecule has 0 fully saturated rings. The Morgan fingerprint density at radius 1 is 1.40 bits per heavy atom. The summed E-state index contributed by atoms with van der Waals surface area (Å²) in [4.78, 5) is 11.7. The molecule has 0 unspecified atom stereocenters. The van der Waals surface area contributed by atoms with E-state index in [1.807, 2.05) is 0 Å². The van der Waals surface area contributed by atoms with Crippen LogP contribution in [0.4, 0.5) is 4.39 Å². The first-order valence-corrected chi connectivity index (χ1v) is 4.45. The SMILES string of the molecule is CC(=N)n1c(=O)n(C)c2cc(F)ccc21. The summed E-state index contributed by atoms with van der Waals surface area (Å²) in [5.41, 5.74) is 0.714. The number of hydrogen-bond donors (Lipinski definition) is 1. The second-order valence-electron chi connectivity index (χ2n) is 3.40. The van der Waals surface area contributed by atoms with Gasteiger partial charge in [-0.05, 0) is 25.1 Å². The minimum atomic E-state index is -0.391. The van der Waals surface area contributed by atoms with Gasteiger partial charge in [0.05, 0.1) is 11.0 Å². The van der Waals surface area contributed by atoms with Gasteiger partial charge in [0.2, 0.25) is 0 Å². The molecule has 0 spiro atoms. The van der Waals surface area contributed by atoms with E-state index in [4.69, 9.17) is 5.41 Å². The Kier molecular flexibility index (Phi) is 1.96. The number of nitrogens with one attached hydrogen (secondary N) is 1. The molecule has 0 bridgehead atoms. The second kappa shape index (κ2) is 3.05. The third-order valence-electron chi connectivity index (χ3n) is 2.35. The summed E-state index contributed by atoms with van der Waals surface area (Å²) in [7, 11) is 1.56. The first kappa shape index (κ1) is 9.64. The molecule has 2 aromatic rings. The maximum absolute atomic E-state index is 13.0. The lowest BCUT2D eigenvalue weighted by atomic mass is 10.3. The Balaban J connectivity index is 3.00. The van der Waals surface area contributed by atoms with E-state index in [1.54, 1.807) is 7.05 Å². The number of nitrogens with zero attached hydrogens (tertiary/aromatic N) is 2. The van der Waals surface area contributed by atoms with Crippen LogP contribution in [0.3, 0.4) is 0 Å². The van der Waals surface area contributed by atoms with Crippen molar-refractivity contribution in [3.8, 4) is 0 Å². The van der Waals surface area contributed by atoms with Crippen molar-refractivity contribution in [3.05, 3.63) is 34.5 Å². The van der Waals surface area contributed by atoms with Crippen molar-refractivity contribution in [1.29, 1.82) is 5.41 Å². The summed E-state index contributed by atoms with van der Waals surface area (Å²) in [6, 6.07) is 4.07. The van der Waals surface area contributed by atoms with Crippen LogP contribution in [0.25, 0.3) is 11.0 Å². The van der Waals surface area contributed by atoms with E-state index in [0.717, 1.165) is 0 Å². The second-order valence-corrected chi connectivity index (χ2v) is 3.40. The Labute approximate surface area is 85.1 Å². The van der Waals surface area contributed by atoms with Crippen LogP contribution in [0, 0.1) is 11.2 Å². The molecule has 1 heterocycles. The lowest BCUT2D eigenvalue weighted by molar-refractivity contribution is 0.628. The van der Waals surface area contributed by atoms with E-state index in [-0.39, 0.29) is 11.5 Å². The van der Waals surface area contributed by atoms with Crippen molar-refractivity contribution >= 4 is 16.9 Å². The van der Waals surface area contributed by atoms with E-state index < -0.39 is 5.82 Å². The zero-order chi connectivity index (χ0) is 11.2. The topological polar surface area (TPSA) is 50.8 Å². The Hall–Kier alpha value is -1.91. The van der Waals surface area contributed by atoms with Crippen LogP contribution in [0.15, 0.2) is 23.0 Å². The molecule has 0 atom stereocenters. The van der Waals surface area contributed by atoms with Crippen molar-refractivity contribution in [1.82, 2.24) is 9.13 Å². The molecule has 0 aliphatic heterocycles. The van der Waals surface area contributed by atoms with Gasteiger partial charge >= 0.3 is 5.69 Å². The van der Waals surface area contributed by atoms with Crippen LogP contribution in [-0.4, -0.2) is 15.0 Å². The molecule has 1 N–H and O–H groups in total. The van der Waals surface area contributed by atoms with Gasteiger partial charge in [0.15, 0.2) is 0 Å². The number of aryl methyl sites for hydroxylation is 1. The Bertz CT molecular complexity index is 609. The fourth-order valence-corrected chi connectivity index (χ4v) is 1.63. The van der Waals surface area contributed by atoms with Crippen molar-refractivity contribution in [2.45, 2.75) is 6.92 Å². The molecule has 78 valence electrons. The van der Waals surface area contributed by atoms with Crippen molar-refractivity contribution in [2.75, 3.05) is 0 Å². The number of halogens is 1. The smallest absolute Gasteiger partial charge is 0.295 e. The minimum absolute atomic E-state index is 0.122. The van der Waals surface area contributed by atoms with E-state index in [0.29, 0.717) is 11.0 Å². The Morgan fingerprint density at radius 3 is 2.67 bits per heavy atom. The highest BCUT2D eigenvalue weighted by molar-refractivity contribution is 5.90. The average molecular weight is 207 g/mol. The number of imidazole rings is 1. The van der Waals surface area contributed by atoms with Crippen LogP contribution in [0.5, 0.6) is 0 Å². The largest absolute Gasteiger partial charge is 0.334 e. The van der Waals surface area contributed by atoms with Crippen LogP contribution >= 0.6 is 0 Å². The number of hydrogen-bond acceptors (Lipinski definition) is 2. The predicted molar refractivity (Wildman–Crippen MR) is 55.9 cm³/mol. The number of rotatable bonds is 0. The van der Waals surface area contributed by atoms with Gasteiger partial charge in [-0.1, -0.05) is 0 Å². The van der Waals surface area contributed by atoms with E-state index in [9.17, 15) is 9.18 Å². The van der Waals surface area contributed by atoms with Crippen molar-refractivity contribution < 1.29 is 4.39 Å². The molecule has 1 aromatic heterocycles. The fraction of sp³-hybridized carbons (Fsp3) is 0.200. The molecule has 15 heavy (non-hydrogen) atoms. The molecule has 0 aliphatic rings. The molecule has 4 nitrogen and oxygen atoms in total. The van der Waals surface area contributed by atoms with Crippen LogP contribution in [0.1, 0.15) is 6.92 Å². The van der Waals surface area contributed by atoms with Crippen LogP contribution in [0.2, 0.25) is 0 Å². The monoisotopic (exact) mass is 207 g/mol. The van der Waals surface area contributed by atoms with Crippen molar-refractivity contribution in [2.24, 2.45) is 7.05 Å². The summed E-state index contributed by atoms with van der Waals surface area (Å²) in [5.74, 6) is -0.268. The first-order chi connectivity index (χ1) is 7.02. The maximum Gasteiger partial charge on any atom is 0.334 e. The van der Waals surface area contributed by atoms with Crippen LogP contribution < -0.4 is 5.69 Å². The highest BCUT2D eigenvalue weighted by atomic mass is 19.1. The van der Waals surface area contributed by atoms with E-state index in [2.05, 4.69) is 0 Å². The molecule has 0 saturated carbocycles. The van der Waals surface area contributed by atoms with Gasteiger partial charge in [-0.2, -0.15) is 0 Å². The normalized spacial score (nSPS) is 10.9. The standard InChI is InChI=1S/C10H10FN3O/c1-6(12)14-8-4-3-7(11)5-9(8)13(2)10(14)15/h3-5,12H,1-2H3. The lowest BCUT2D eigenvalue weighted by Crippen LogP contribution is -2.25. The van der Waals surface area contributed by atoms with Gasteiger partial charge in [-0.15, -0.1) is 0 Å². The molecule has 2 rings (SSSR count). The quantitative estimate of drug-likeness (QED) is 0.514. The molecule has 0 saturated heterocycles. The average Bonchev–Trinajstić information content (AvgIpc) is 2.41. The van der Waals surface area contributed by atoms with Gasteiger partial charge in [0.25, 0.3) is 0 Å². The van der Waals surface area contributed by atoms with Gasteiger partial charge in [-0.3, -0.25) is 9.98 Å². The zero-order valence-electron chi connectivity index (χ0n) is 8.41. The van der Waals surface area contributed by atoms with Gasteiger partial charge in [0, 0.05) is 7.05 Å². The Morgan fingerprint density at radius 2 is 2.07 bits per heavy atom. The molecule has 0 aliphatic carbocycles. The molecule has 5 heteroatoms. The molecular formula is C10H10FN3O. The molecule has 1 aromatic carbocycles. The zero-order valence-corrected chi connectivity index (χ0v) is 8.41. The maximum atomic E-state index is 13.0. The summed E-state index contributed by atoms with van der Waals surface area (Å²) < 4.78 is 15.6. The molecule has 0 amide bonds. The third-order valence-corrected chi connectivity index (χ3v) is 2.35. The molecular weight excluding hydrogens is 197 g/mol. The highest BCUT2D eigenvalue weighted by Crippen LogP contribution is 2.13. The lowest BCUT2D eigenvalue weighted by Gasteiger charge is -1.97. The molecule has 0 radical (unpaired) electrons. The third kappa shape index (κ3) is 1.27. The number of benzene rings is 1. The summed E-state index contributed by atoms with van der Waals surface area (Å²) in [6.07, 6.45) is 0. The number of fused-ring (bicyclic) bond motifs is 1. The van der Waals surface area contributed by atoms with E-state index in [1.165, 1.54) is 34.3 Å². The first-order valence-electron chi connectivity index (χ1n) is 4.45. The fourth-order valence-electron chi connectivity index (χ4n) is 1.63. The van der Waals surface area contributed by atoms with E-state index >= 15 is 0 Å². The van der Waals surface area contributed by atoms with Gasteiger partial charge in [0.1, 0.15) is 11.7 Å². The summed E-state index contributed by atoms with van der Waals surface area (Å²) in [5, 5.41) is 7.48.